The summed E-state index contributed by atoms with van der Waals surface area (Å²) in [6.07, 6.45) is -8.72. The number of alkyl halides is 6. The lowest BCUT2D eigenvalue weighted by Gasteiger charge is -2.37. The van der Waals surface area contributed by atoms with E-state index in [1.54, 1.807) is 30.3 Å². The second-order valence-electron chi connectivity index (χ2n) is 9.10. The van der Waals surface area contributed by atoms with Crippen molar-refractivity contribution in [1.29, 1.82) is 0 Å². The highest BCUT2D eigenvalue weighted by molar-refractivity contribution is 6.30. The molecule has 208 valence electrons. The summed E-state index contributed by atoms with van der Waals surface area (Å²) in [6, 6.07) is 16.0. The molecule has 0 unspecified atom stereocenters. The molecule has 4 aromatic rings. The molecule has 0 saturated heterocycles. The summed E-state index contributed by atoms with van der Waals surface area (Å²) in [5.74, 6) is -2.66. The zero-order valence-electron chi connectivity index (χ0n) is 20.7. The van der Waals surface area contributed by atoms with E-state index >= 15 is 0 Å². The highest BCUT2D eigenvalue weighted by atomic mass is 35.5. The van der Waals surface area contributed by atoms with Gasteiger partial charge < -0.3 is 5.32 Å². The topological polar surface area (TPSA) is 42.0 Å². The van der Waals surface area contributed by atoms with E-state index in [0.717, 1.165) is 18.2 Å². The molecule has 1 atom stereocenters. The first-order chi connectivity index (χ1) is 18.7. The summed E-state index contributed by atoms with van der Waals surface area (Å²) in [4.78, 5) is 17.9. The van der Waals surface area contributed by atoms with Gasteiger partial charge in [-0.3, -0.25) is 9.78 Å². The number of halogens is 8. The lowest BCUT2D eigenvalue weighted by Crippen LogP contribution is -2.49. The van der Waals surface area contributed by atoms with Crippen molar-refractivity contribution in [3.8, 4) is 0 Å². The average molecular weight is 581 g/mol. The van der Waals surface area contributed by atoms with Gasteiger partial charge >= 0.3 is 12.4 Å². The maximum absolute atomic E-state index is 14.0. The van der Waals surface area contributed by atoms with E-state index < -0.39 is 46.3 Å². The van der Waals surface area contributed by atoms with Crippen LogP contribution in [0, 0.1) is 12.7 Å². The molecule has 1 N–H and O–H groups in total. The molecule has 0 spiro atoms. The fourth-order valence-corrected chi connectivity index (χ4v) is 4.55. The normalized spacial score (nSPS) is 13.5. The largest absolute Gasteiger partial charge is 0.419 e. The van der Waals surface area contributed by atoms with Crippen molar-refractivity contribution in [3.63, 3.8) is 0 Å². The molecule has 1 amide bonds. The van der Waals surface area contributed by atoms with E-state index in [2.05, 4.69) is 10.3 Å². The maximum Gasteiger partial charge on any atom is 0.419 e. The number of aromatic nitrogens is 1. The Morgan fingerprint density at radius 1 is 0.850 bits per heavy atom. The third-order valence-corrected chi connectivity index (χ3v) is 6.59. The Bertz CT molecular complexity index is 1520. The molecular weight excluding hydrogens is 561 g/mol. The van der Waals surface area contributed by atoms with E-state index in [9.17, 15) is 35.5 Å². The number of hydrogen-bond acceptors (Lipinski definition) is 2. The predicted octanol–water partition coefficient (Wildman–Crippen LogP) is 8.14. The van der Waals surface area contributed by atoms with Crippen molar-refractivity contribution < 1.29 is 35.5 Å². The fraction of sp³-hybridized carbons (Fsp3) is 0.172. The van der Waals surface area contributed by atoms with E-state index in [-0.39, 0.29) is 22.7 Å². The number of nitrogens with one attached hydrogen (secondary N) is 1. The van der Waals surface area contributed by atoms with Crippen LogP contribution in [0.15, 0.2) is 85.1 Å². The van der Waals surface area contributed by atoms with Crippen molar-refractivity contribution >= 4 is 17.5 Å². The van der Waals surface area contributed by atoms with Gasteiger partial charge in [-0.2, -0.15) is 26.3 Å². The van der Waals surface area contributed by atoms with Gasteiger partial charge in [0, 0.05) is 18.2 Å². The molecule has 0 saturated carbocycles. The zero-order chi connectivity index (χ0) is 29.3. The Hall–Kier alpha value is -3.92. The minimum absolute atomic E-state index is 0.00695. The molecule has 0 aliphatic carbocycles. The fourth-order valence-electron chi connectivity index (χ4n) is 4.44. The van der Waals surface area contributed by atoms with Gasteiger partial charge in [0.2, 0.25) is 0 Å². The van der Waals surface area contributed by atoms with Crippen LogP contribution in [0.2, 0.25) is 5.02 Å². The smallest absolute Gasteiger partial charge is 0.337 e. The lowest BCUT2D eigenvalue weighted by atomic mass is 9.77. The van der Waals surface area contributed by atoms with Gasteiger partial charge in [-0.25, -0.2) is 4.39 Å². The van der Waals surface area contributed by atoms with Crippen LogP contribution in [0.1, 0.15) is 43.9 Å². The number of benzene rings is 3. The number of amides is 1. The number of aryl methyl sites for hydroxylation is 1. The molecule has 3 nitrogen and oxygen atoms in total. The first kappa shape index (κ1) is 29.1. The summed E-state index contributed by atoms with van der Waals surface area (Å²) in [7, 11) is 0. The SMILES string of the molecule is Cc1ccc(C(F)(F)F)cc1[C@@](Cc1ccccc1)(NC(=O)c1ccc(F)c(C(F)(F)F)c1)c1ccc(Cl)cn1. The second kappa shape index (κ2) is 10.9. The molecule has 40 heavy (non-hydrogen) atoms. The molecule has 1 heterocycles. The van der Waals surface area contributed by atoms with Gasteiger partial charge in [0.1, 0.15) is 11.4 Å². The molecule has 1 aromatic heterocycles. The Kier molecular flexibility index (Phi) is 7.94. The molecule has 0 fully saturated rings. The summed E-state index contributed by atoms with van der Waals surface area (Å²) in [6.45, 7) is 1.54. The van der Waals surface area contributed by atoms with Crippen LogP contribution in [0.25, 0.3) is 0 Å². The summed E-state index contributed by atoms with van der Waals surface area (Å²) in [5, 5.41) is 2.87. The minimum Gasteiger partial charge on any atom is -0.337 e. The predicted molar refractivity (Wildman–Crippen MR) is 135 cm³/mol. The standard InChI is InChI=1S/C29H20ClF7N2O/c1-17-7-9-20(28(32,33)34)14-22(17)27(15-18-5-3-2-4-6-18,25-12-10-21(30)16-38-25)39-26(40)19-8-11-24(31)23(13-19)29(35,36)37/h2-14,16H,15H2,1H3,(H,39,40)/t27-/m1/s1. The van der Waals surface area contributed by atoms with Crippen molar-refractivity contribution in [2.45, 2.75) is 31.2 Å². The summed E-state index contributed by atoms with van der Waals surface area (Å²) < 4.78 is 95.6. The zero-order valence-corrected chi connectivity index (χ0v) is 21.4. The molecule has 4 rings (SSSR count). The van der Waals surface area contributed by atoms with E-state index in [1.807, 2.05) is 0 Å². The number of pyridine rings is 1. The van der Waals surface area contributed by atoms with Gasteiger partial charge in [0.05, 0.1) is 21.8 Å². The number of nitrogens with zero attached hydrogens (tertiary/aromatic N) is 1. The Balaban J connectivity index is 1.99. The highest BCUT2D eigenvalue weighted by Gasteiger charge is 2.42. The van der Waals surface area contributed by atoms with Crippen LogP contribution in [0.5, 0.6) is 0 Å². The third-order valence-electron chi connectivity index (χ3n) is 6.36. The lowest BCUT2D eigenvalue weighted by molar-refractivity contribution is -0.140. The quantitative estimate of drug-likeness (QED) is 0.234. The van der Waals surface area contributed by atoms with Crippen LogP contribution in [-0.2, 0) is 24.3 Å². The van der Waals surface area contributed by atoms with E-state index in [0.29, 0.717) is 23.3 Å². The summed E-state index contributed by atoms with van der Waals surface area (Å²) in [5.41, 5.74) is -4.03. The van der Waals surface area contributed by atoms with Crippen molar-refractivity contribution in [2.75, 3.05) is 0 Å². The first-order valence-corrected chi connectivity index (χ1v) is 12.1. The minimum atomic E-state index is -5.09. The Morgan fingerprint density at radius 2 is 1.55 bits per heavy atom. The van der Waals surface area contributed by atoms with Crippen LogP contribution in [0.4, 0.5) is 30.7 Å². The number of hydrogen-bond donors (Lipinski definition) is 1. The van der Waals surface area contributed by atoms with Crippen LogP contribution in [0.3, 0.4) is 0 Å². The first-order valence-electron chi connectivity index (χ1n) is 11.7. The van der Waals surface area contributed by atoms with Crippen molar-refractivity contribution in [3.05, 3.63) is 135 Å². The molecule has 3 aromatic carbocycles. The van der Waals surface area contributed by atoms with Gasteiger partial charge in [-0.15, -0.1) is 0 Å². The van der Waals surface area contributed by atoms with E-state index in [1.165, 1.54) is 31.3 Å². The highest BCUT2D eigenvalue weighted by Crippen LogP contribution is 2.39. The average Bonchev–Trinajstić information content (AvgIpc) is 2.88. The van der Waals surface area contributed by atoms with Gasteiger partial charge in [-0.05, 0) is 66.1 Å². The Labute approximate surface area is 229 Å². The van der Waals surface area contributed by atoms with Gasteiger partial charge in [0.15, 0.2) is 0 Å². The molecular formula is C29H20ClF7N2O. The number of carbonyl (C=O) groups excluding carboxylic acids is 1. The third kappa shape index (κ3) is 6.12. The summed E-state index contributed by atoms with van der Waals surface area (Å²) >= 11 is 6.02. The molecule has 0 bridgehead atoms. The van der Waals surface area contributed by atoms with E-state index in [4.69, 9.17) is 11.6 Å². The van der Waals surface area contributed by atoms with Gasteiger partial charge in [-0.1, -0.05) is 48.0 Å². The van der Waals surface area contributed by atoms with Crippen LogP contribution < -0.4 is 5.32 Å². The second-order valence-corrected chi connectivity index (χ2v) is 9.54. The van der Waals surface area contributed by atoms with Crippen LogP contribution in [-0.4, -0.2) is 10.9 Å². The molecule has 0 aliphatic rings. The monoisotopic (exact) mass is 580 g/mol. The number of carbonyl (C=O) groups is 1. The van der Waals surface area contributed by atoms with Crippen molar-refractivity contribution in [2.24, 2.45) is 0 Å². The van der Waals surface area contributed by atoms with Crippen molar-refractivity contribution in [1.82, 2.24) is 10.3 Å². The molecule has 11 heteroatoms. The number of rotatable bonds is 6. The van der Waals surface area contributed by atoms with Crippen LogP contribution >= 0.6 is 11.6 Å². The van der Waals surface area contributed by atoms with Gasteiger partial charge in [0.25, 0.3) is 5.91 Å². The molecule has 0 aliphatic heterocycles. The molecule has 0 radical (unpaired) electrons. The maximum atomic E-state index is 14.0. The Morgan fingerprint density at radius 3 is 2.15 bits per heavy atom.